The van der Waals surface area contributed by atoms with Crippen LogP contribution in [0.1, 0.15) is 24.0 Å². The van der Waals surface area contributed by atoms with Crippen molar-refractivity contribution >= 4 is 18.3 Å². The van der Waals surface area contributed by atoms with Gasteiger partial charge in [0.15, 0.2) is 6.61 Å². The highest BCUT2D eigenvalue weighted by Crippen LogP contribution is 2.20. The van der Waals surface area contributed by atoms with Gasteiger partial charge in [0, 0.05) is 13.1 Å². The minimum Gasteiger partial charge on any atom is -0.484 e. The van der Waals surface area contributed by atoms with Crippen LogP contribution in [0.3, 0.4) is 0 Å². The molecule has 1 unspecified atom stereocenters. The van der Waals surface area contributed by atoms with E-state index in [-0.39, 0.29) is 24.9 Å². The van der Waals surface area contributed by atoms with Gasteiger partial charge in [0.1, 0.15) is 5.75 Å². The summed E-state index contributed by atoms with van der Waals surface area (Å²) in [7, 11) is 1.96. The highest BCUT2D eigenvalue weighted by atomic mass is 35.5. The number of hydrogen-bond donors (Lipinski definition) is 1. The molecular weight excluding hydrogens is 300 g/mol. The fraction of sp³-hybridized carbons (Fsp3) is 0.588. The lowest BCUT2D eigenvalue weighted by atomic mass is 9.98. The Morgan fingerprint density at radius 3 is 2.86 bits per heavy atom. The van der Waals surface area contributed by atoms with Crippen molar-refractivity contribution in [2.75, 3.05) is 33.3 Å². The van der Waals surface area contributed by atoms with Crippen molar-refractivity contribution in [3.8, 4) is 5.75 Å². The number of carbonyl (C=O) groups is 1. The lowest BCUT2D eigenvalue weighted by Gasteiger charge is -2.32. The van der Waals surface area contributed by atoms with Gasteiger partial charge in [0.05, 0.1) is 0 Å². The van der Waals surface area contributed by atoms with E-state index < -0.39 is 0 Å². The third kappa shape index (κ3) is 5.18. The van der Waals surface area contributed by atoms with Crippen molar-refractivity contribution in [1.82, 2.24) is 10.2 Å². The van der Waals surface area contributed by atoms with Crippen LogP contribution in [0.4, 0.5) is 0 Å². The molecule has 1 amide bonds. The molecule has 0 bridgehead atoms. The smallest absolute Gasteiger partial charge is 0.260 e. The summed E-state index contributed by atoms with van der Waals surface area (Å²) in [6.45, 7) is 6.87. The molecule has 1 aliphatic rings. The summed E-state index contributed by atoms with van der Waals surface area (Å²) in [6, 6.07) is 6.03. The molecule has 1 atom stereocenters. The molecule has 4 nitrogen and oxygen atoms in total. The van der Waals surface area contributed by atoms with Crippen LogP contribution in [-0.2, 0) is 4.79 Å². The number of halogens is 1. The van der Waals surface area contributed by atoms with Crippen molar-refractivity contribution in [2.24, 2.45) is 5.92 Å². The molecule has 0 aliphatic carbocycles. The molecule has 1 aliphatic heterocycles. The Hall–Kier alpha value is -1.26. The quantitative estimate of drug-likeness (QED) is 0.904. The van der Waals surface area contributed by atoms with Gasteiger partial charge in [-0.1, -0.05) is 17.7 Å². The molecule has 0 aromatic heterocycles. The summed E-state index contributed by atoms with van der Waals surface area (Å²) in [5, 5.41) is 3.20. The highest BCUT2D eigenvalue weighted by molar-refractivity contribution is 5.85. The summed E-state index contributed by atoms with van der Waals surface area (Å²) in [5.41, 5.74) is 2.28. The Bertz CT molecular complexity index is 492. The zero-order valence-corrected chi connectivity index (χ0v) is 14.5. The van der Waals surface area contributed by atoms with Gasteiger partial charge in [-0.15, -0.1) is 12.4 Å². The number of amides is 1. The van der Waals surface area contributed by atoms with Crippen LogP contribution in [0.2, 0.25) is 0 Å². The predicted molar refractivity (Wildman–Crippen MR) is 91.9 cm³/mol. The average Bonchev–Trinajstić information content (AvgIpc) is 2.47. The van der Waals surface area contributed by atoms with E-state index in [1.807, 2.05) is 31.0 Å². The molecule has 22 heavy (non-hydrogen) atoms. The number of rotatable bonds is 5. The third-order valence-corrected chi connectivity index (χ3v) is 4.05. The predicted octanol–water partition coefficient (Wildman–Crippen LogP) is 2.56. The standard InChI is InChI=1S/C17H26N2O2.ClH/c1-13-6-7-16(14(2)9-13)21-12-17(20)19-8-4-5-15(11-19)10-18-3;/h6-7,9,15,18H,4-5,8,10-12H2,1-3H3;1H. The van der Waals surface area contributed by atoms with Gasteiger partial charge in [0.2, 0.25) is 0 Å². The lowest BCUT2D eigenvalue weighted by molar-refractivity contribution is -0.135. The minimum atomic E-state index is 0. The number of ether oxygens (including phenoxy) is 1. The van der Waals surface area contributed by atoms with Crippen molar-refractivity contribution in [1.29, 1.82) is 0 Å². The maximum Gasteiger partial charge on any atom is 0.260 e. The van der Waals surface area contributed by atoms with Gasteiger partial charge < -0.3 is 15.0 Å². The van der Waals surface area contributed by atoms with Gasteiger partial charge in [-0.05, 0) is 57.8 Å². The first-order valence-corrected chi connectivity index (χ1v) is 7.72. The fourth-order valence-corrected chi connectivity index (χ4v) is 2.94. The Labute approximate surface area is 139 Å². The summed E-state index contributed by atoms with van der Waals surface area (Å²) >= 11 is 0. The topological polar surface area (TPSA) is 41.6 Å². The van der Waals surface area contributed by atoms with Crippen LogP contribution in [0.25, 0.3) is 0 Å². The van der Waals surface area contributed by atoms with Crippen molar-refractivity contribution < 1.29 is 9.53 Å². The van der Waals surface area contributed by atoms with Crippen LogP contribution < -0.4 is 10.1 Å². The summed E-state index contributed by atoms with van der Waals surface area (Å²) in [4.78, 5) is 14.2. The van der Waals surface area contributed by atoms with E-state index in [0.717, 1.165) is 37.4 Å². The maximum atomic E-state index is 12.3. The Balaban J connectivity index is 0.00000242. The Morgan fingerprint density at radius 2 is 2.18 bits per heavy atom. The third-order valence-electron chi connectivity index (χ3n) is 4.05. The van der Waals surface area contributed by atoms with E-state index in [2.05, 4.69) is 18.3 Å². The fourth-order valence-electron chi connectivity index (χ4n) is 2.94. The number of nitrogens with zero attached hydrogens (tertiary/aromatic N) is 1. The van der Waals surface area contributed by atoms with Gasteiger partial charge in [-0.2, -0.15) is 0 Å². The van der Waals surface area contributed by atoms with E-state index in [1.165, 1.54) is 12.0 Å². The van der Waals surface area contributed by atoms with Crippen LogP contribution in [0, 0.1) is 19.8 Å². The number of piperidine rings is 1. The molecule has 0 saturated carbocycles. The molecule has 1 fully saturated rings. The second kappa shape index (κ2) is 9.01. The molecule has 124 valence electrons. The molecule has 0 radical (unpaired) electrons. The van der Waals surface area contributed by atoms with E-state index in [0.29, 0.717) is 5.92 Å². The molecule has 1 saturated heterocycles. The first-order valence-electron chi connectivity index (χ1n) is 7.72. The summed E-state index contributed by atoms with van der Waals surface area (Å²) in [6.07, 6.45) is 2.28. The van der Waals surface area contributed by atoms with Crippen molar-refractivity contribution in [3.05, 3.63) is 29.3 Å². The Kier molecular flexibility index (Phi) is 7.69. The zero-order valence-electron chi connectivity index (χ0n) is 13.7. The molecule has 1 heterocycles. The number of likely N-dealkylation sites (tertiary alicyclic amines) is 1. The normalized spacial score (nSPS) is 17.8. The van der Waals surface area contributed by atoms with Crippen molar-refractivity contribution in [2.45, 2.75) is 26.7 Å². The molecule has 1 N–H and O–H groups in total. The lowest BCUT2D eigenvalue weighted by Crippen LogP contribution is -2.44. The molecule has 0 spiro atoms. The Morgan fingerprint density at radius 1 is 1.41 bits per heavy atom. The minimum absolute atomic E-state index is 0. The molecule has 1 aromatic rings. The SMILES string of the molecule is CNCC1CCCN(C(=O)COc2ccc(C)cc2C)C1.Cl. The van der Waals surface area contributed by atoms with Crippen LogP contribution in [0.15, 0.2) is 18.2 Å². The molecule has 5 heteroatoms. The first kappa shape index (κ1) is 18.8. The van der Waals surface area contributed by atoms with Gasteiger partial charge >= 0.3 is 0 Å². The van der Waals surface area contributed by atoms with Crippen LogP contribution in [0.5, 0.6) is 5.75 Å². The number of benzene rings is 1. The number of hydrogen-bond acceptors (Lipinski definition) is 3. The largest absolute Gasteiger partial charge is 0.484 e. The van der Waals surface area contributed by atoms with E-state index in [4.69, 9.17) is 4.74 Å². The number of aryl methyl sites for hydroxylation is 2. The van der Waals surface area contributed by atoms with Gasteiger partial charge in [-0.25, -0.2) is 0 Å². The maximum absolute atomic E-state index is 12.3. The van der Waals surface area contributed by atoms with Gasteiger partial charge in [-0.3, -0.25) is 4.79 Å². The van der Waals surface area contributed by atoms with Gasteiger partial charge in [0.25, 0.3) is 5.91 Å². The molecule has 1 aromatic carbocycles. The average molecular weight is 327 g/mol. The van der Waals surface area contributed by atoms with E-state index in [1.54, 1.807) is 0 Å². The second-order valence-corrected chi connectivity index (χ2v) is 5.96. The zero-order chi connectivity index (χ0) is 15.2. The van der Waals surface area contributed by atoms with Crippen molar-refractivity contribution in [3.63, 3.8) is 0 Å². The molecule has 2 rings (SSSR count). The monoisotopic (exact) mass is 326 g/mol. The first-order chi connectivity index (χ1) is 10.1. The second-order valence-electron chi connectivity index (χ2n) is 5.96. The number of nitrogens with one attached hydrogen (secondary N) is 1. The van der Waals surface area contributed by atoms with E-state index in [9.17, 15) is 4.79 Å². The summed E-state index contributed by atoms with van der Waals surface area (Å²) < 4.78 is 5.70. The van der Waals surface area contributed by atoms with Crippen LogP contribution >= 0.6 is 12.4 Å². The number of carbonyl (C=O) groups excluding carboxylic acids is 1. The van der Waals surface area contributed by atoms with E-state index >= 15 is 0 Å². The van der Waals surface area contributed by atoms with Crippen LogP contribution in [-0.4, -0.2) is 44.1 Å². The highest BCUT2D eigenvalue weighted by Gasteiger charge is 2.23. The summed E-state index contributed by atoms with van der Waals surface area (Å²) in [5.74, 6) is 1.46. The molecular formula is C17H27ClN2O2.